The van der Waals surface area contributed by atoms with Gasteiger partial charge in [-0.2, -0.15) is 0 Å². The molecular formula is C18H14ClN3O. The van der Waals surface area contributed by atoms with Crippen LogP contribution in [0.4, 0.5) is 11.4 Å². The number of hydrogen-bond acceptors (Lipinski definition) is 3. The van der Waals surface area contributed by atoms with E-state index in [2.05, 4.69) is 20.5 Å². The van der Waals surface area contributed by atoms with E-state index in [-0.39, 0.29) is 6.04 Å². The summed E-state index contributed by atoms with van der Waals surface area (Å²) < 4.78 is 8.24. The average molecular weight is 324 g/mol. The minimum atomic E-state index is 0.185. The SMILES string of the molecule is Clc1ccc2c3c1C(n1ccnc1)CCN3c1ccccc1O2. The summed E-state index contributed by atoms with van der Waals surface area (Å²) in [6, 6.07) is 12.2. The molecule has 3 aromatic rings. The molecule has 0 amide bonds. The van der Waals surface area contributed by atoms with Gasteiger partial charge in [0.2, 0.25) is 0 Å². The van der Waals surface area contributed by atoms with Crippen LogP contribution >= 0.6 is 11.6 Å². The minimum absolute atomic E-state index is 0.185. The van der Waals surface area contributed by atoms with Gasteiger partial charge in [0.1, 0.15) is 0 Å². The maximum Gasteiger partial charge on any atom is 0.151 e. The zero-order valence-electron chi connectivity index (χ0n) is 12.3. The largest absolute Gasteiger partial charge is 0.453 e. The highest BCUT2D eigenvalue weighted by molar-refractivity contribution is 6.32. The first-order chi connectivity index (χ1) is 11.3. The number of benzene rings is 2. The standard InChI is InChI=1S/C18H14ClN3O/c19-12-5-6-16-18-17(12)14(21-10-8-20-11-21)7-9-22(18)13-3-1-2-4-15(13)23-16/h1-6,8,10-11,14H,7,9H2. The molecule has 0 saturated carbocycles. The third-order valence-electron chi connectivity index (χ3n) is 4.62. The molecule has 0 bridgehead atoms. The molecule has 1 atom stereocenters. The molecule has 23 heavy (non-hydrogen) atoms. The predicted octanol–water partition coefficient (Wildman–Crippen LogP) is 4.77. The smallest absolute Gasteiger partial charge is 0.151 e. The van der Waals surface area contributed by atoms with Crippen LogP contribution in [-0.4, -0.2) is 16.1 Å². The van der Waals surface area contributed by atoms with E-state index in [1.54, 1.807) is 0 Å². The van der Waals surface area contributed by atoms with E-state index >= 15 is 0 Å². The molecule has 4 nitrogen and oxygen atoms in total. The van der Waals surface area contributed by atoms with Crippen molar-refractivity contribution in [1.82, 2.24) is 9.55 Å². The van der Waals surface area contributed by atoms with Gasteiger partial charge in [-0.05, 0) is 30.7 Å². The molecule has 2 aliphatic heterocycles. The van der Waals surface area contributed by atoms with Crippen molar-refractivity contribution in [2.24, 2.45) is 0 Å². The van der Waals surface area contributed by atoms with Gasteiger partial charge in [-0.15, -0.1) is 0 Å². The maximum absolute atomic E-state index is 6.58. The quantitative estimate of drug-likeness (QED) is 0.646. The number of ether oxygens (including phenoxy) is 1. The lowest BCUT2D eigenvalue weighted by Gasteiger charge is -2.40. The summed E-state index contributed by atoms with van der Waals surface area (Å²) in [5, 5.41) is 0.773. The average Bonchev–Trinajstić information content (AvgIpc) is 3.12. The lowest BCUT2D eigenvalue weighted by atomic mass is 9.94. The molecule has 0 fully saturated rings. The second-order valence-electron chi connectivity index (χ2n) is 5.84. The summed E-state index contributed by atoms with van der Waals surface area (Å²) in [5.74, 6) is 1.77. The van der Waals surface area contributed by atoms with Gasteiger partial charge < -0.3 is 14.2 Å². The van der Waals surface area contributed by atoms with Crippen LogP contribution in [0.25, 0.3) is 0 Å². The minimum Gasteiger partial charge on any atom is -0.453 e. The molecule has 0 N–H and O–H groups in total. The van der Waals surface area contributed by atoms with Gasteiger partial charge in [0.15, 0.2) is 11.5 Å². The molecule has 1 unspecified atom stereocenters. The van der Waals surface area contributed by atoms with E-state index in [1.807, 2.05) is 49.1 Å². The highest BCUT2D eigenvalue weighted by Crippen LogP contribution is 2.54. The van der Waals surface area contributed by atoms with Crippen LogP contribution in [0.3, 0.4) is 0 Å². The van der Waals surface area contributed by atoms with Gasteiger partial charge in [-0.25, -0.2) is 4.98 Å². The summed E-state index contributed by atoms with van der Waals surface area (Å²) >= 11 is 6.58. The molecule has 5 rings (SSSR count). The van der Waals surface area contributed by atoms with Gasteiger partial charge >= 0.3 is 0 Å². The summed E-state index contributed by atoms with van der Waals surface area (Å²) in [6.07, 6.45) is 6.63. The number of nitrogens with zero attached hydrogens (tertiary/aromatic N) is 3. The number of anilines is 2. The Bertz CT molecular complexity index is 891. The Morgan fingerprint density at radius 3 is 2.91 bits per heavy atom. The molecule has 0 saturated heterocycles. The number of aromatic nitrogens is 2. The third kappa shape index (κ3) is 1.82. The molecule has 0 spiro atoms. The molecular weight excluding hydrogens is 310 g/mol. The van der Waals surface area contributed by atoms with E-state index in [9.17, 15) is 0 Å². The number of rotatable bonds is 1. The third-order valence-corrected chi connectivity index (χ3v) is 4.95. The number of para-hydroxylation sites is 2. The first-order valence-corrected chi connectivity index (χ1v) is 8.05. The Morgan fingerprint density at radius 2 is 2.04 bits per heavy atom. The lowest BCUT2D eigenvalue weighted by Crippen LogP contribution is -2.31. The summed E-state index contributed by atoms with van der Waals surface area (Å²) in [5.41, 5.74) is 3.30. The number of halogens is 1. The number of fused-ring (bicyclic) bond motifs is 2. The Morgan fingerprint density at radius 1 is 1.13 bits per heavy atom. The predicted molar refractivity (Wildman–Crippen MR) is 90.0 cm³/mol. The second kappa shape index (κ2) is 4.77. The fourth-order valence-corrected chi connectivity index (χ4v) is 3.90. The molecule has 1 aromatic heterocycles. The highest BCUT2D eigenvalue weighted by atomic mass is 35.5. The molecule has 3 heterocycles. The highest BCUT2D eigenvalue weighted by Gasteiger charge is 2.35. The molecule has 5 heteroatoms. The Kier molecular flexibility index (Phi) is 2.70. The van der Waals surface area contributed by atoms with Crippen LogP contribution in [0.15, 0.2) is 55.1 Å². The van der Waals surface area contributed by atoms with Crippen LogP contribution in [0.2, 0.25) is 5.02 Å². The fraction of sp³-hybridized carbons (Fsp3) is 0.167. The number of hydrogen-bond donors (Lipinski definition) is 0. The van der Waals surface area contributed by atoms with Crippen molar-refractivity contribution >= 4 is 23.0 Å². The molecule has 2 aromatic carbocycles. The number of imidazole rings is 1. The lowest BCUT2D eigenvalue weighted by molar-refractivity contribution is 0.453. The van der Waals surface area contributed by atoms with Crippen molar-refractivity contribution in [2.45, 2.75) is 12.5 Å². The zero-order chi connectivity index (χ0) is 15.4. The van der Waals surface area contributed by atoms with E-state index < -0.39 is 0 Å². The summed E-state index contributed by atoms with van der Waals surface area (Å²) in [4.78, 5) is 6.51. The molecule has 2 aliphatic rings. The summed E-state index contributed by atoms with van der Waals surface area (Å²) in [7, 11) is 0. The van der Waals surface area contributed by atoms with E-state index in [0.717, 1.165) is 46.4 Å². The Labute approximate surface area is 138 Å². The van der Waals surface area contributed by atoms with Gasteiger partial charge in [-0.3, -0.25) is 0 Å². The first-order valence-electron chi connectivity index (χ1n) is 7.67. The van der Waals surface area contributed by atoms with Crippen molar-refractivity contribution in [3.8, 4) is 11.5 Å². The van der Waals surface area contributed by atoms with Crippen molar-refractivity contribution in [1.29, 1.82) is 0 Å². The van der Waals surface area contributed by atoms with E-state index in [0.29, 0.717) is 0 Å². The topological polar surface area (TPSA) is 30.3 Å². The van der Waals surface area contributed by atoms with E-state index in [1.165, 1.54) is 0 Å². The van der Waals surface area contributed by atoms with Gasteiger partial charge in [0.05, 0.1) is 23.7 Å². The summed E-state index contributed by atoms with van der Waals surface area (Å²) in [6.45, 7) is 0.920. The zero-order valence-corrected chi connectivity index (χ0v) is 13.1. The van der Waals surface area contributed by atoms with Crippen LogP contribution < -0.4 is 9.64 Å². The van der Waals surface area contributed by atoms with Crippen molar-refractivity contribution in [3.05, 3.63) is 65.7 Å². The molecule has 114 valence electrons. The molecule has 0 aliphatic carbocycles. The first kappa shape index (κ1) is 13.0. The van der Waals surface area contributed by atoms with Crippen molar-refractivity contribution in [3.63, 3.8) is 0 Å². The van der Waals surface area contributed by atoms with Crippen LogP contribution in [0.1, 0.15) is 18.0 Å². The monoisotopic (exact) mass is 323 g/mol. The maximum atomic E-state index is 6.58. The van der Waals surface area contributed by atoms with E-state index in [4.69, 9.17) is 16.3 Å². The normalized spacial score (nSPS) is 18.1. The fourth-order valence-electron chi connectivity index (χ4n) is 3.63. The Hall–Kier alpha value is -2.46. The van der Waals surface area contributed by atoms with Gasteiger partial charge in [-0.1, -0.05) is 23.7 Å². The van der Waals surface area contributed by atoms with Crippen molar-refractivity contribution in [2.75, 3.05) is 11.4 Å². The van der Waals surface area contributed by atoms with Gasteiger partial charge in [0.25, 0.3) is 0 Å². The van der Waals surface area contributed by atoms with Crippen LogP contribution in [0.5, 0.6) is 11.5 Å². The van der Waals surface area contributed by atoms with Crippen LogP contribution in [-0.2, 0) is 0 Å². The molecule has 0 radical (unpaired) electrons. The van der Waals surface area contributed by atoms with Crippen molar-refractivity contribution < 1.29 is 4.74 Å². The van der Waals surface area contributed by atoms with Crippen LogP contribution in [0, 0.1) is 0 Å². The Balaban J connectivity index is 1.75. The second-order valence-corrected chi connectivity index (χ2v) is 6.25. The van der Waals surface area contributed by atoms with Gasteiger partial charge in [0, 0.05) is 29.5 Å².